The first-order valence-corrected chi connectivity index (χ1v) is 11.4. The summed E-state index contributed by atoms with van der Waals surface area (Å²) >= 11 is 1.64. The molecule has 0 fully saturated rings. The van der Waals surface area contributed by atoms with E-state index in [2.05, 4.69) is 21.4 Å². The van der Waals surface area contributed by atoms with E-state index in [-0.39, 0.29) is 11.4 Å². The molecule has 0 unspecified atom stereocenters. The maximum absolute atomic E-state index is 13.2. The van der Waals surface area contributed by atoms with Crippen molar-refractivity contribution in [2.45, 2.75) is 38.3 Å². The maximum Gasteiger partial charge on any atom is 0.262 e. The summed E-state index contributed by atoms with van der Waals surface area (Å²) in [7, 11) is 0. The van der Waals surface area contributed by atoms with Gasteiger partial charge in [-0.1, -0.05) is 18.2 Å². The van der Waals surface area contributed by atoms with E-state index in [0.717, 1.165) is 53.6 Å². The molecule has 1 atom stereocenters. The molecule has 0 amide bonds. The van der Waals surface area contributed by atoms with E-state index < -0.39 is 0 Å². The Labute approximate surface area is 183 Å². The molecule has 4 aromatic rings. The first kappa shape index (κ1) is 20.0. The maximum atomic E-state index is 13.2. The molecule has 5 nitrogen and oxygen atoms in total. The van der Waals surface area contributed by atoms with Gasteiger partial charge in [-0.15, -0.1) is 11.3 Å². The van der Waals surface area contributed by atoms with Crippen LogP contribution in [0.1, 0.15) is 28.0 Å². The topological polar surface area (TPSA) is 59.8 Å². The highest BCUT2D eigenvalue weighted by Gasteiger charge is 2.25. The molecule has 0 saturated carbocycles. The van der Waals surface area contributed by atoms with Crippen LogP contribution in [0.4, 0.5) is 4.39 Å². The van der Waals surface area contributed by atoms with Crippen molar-refractivity contribution in [1.82, 2.24) is 19.9 Å². The Morgan fingerprint density at radius 1 is 1.19 bits per heavy atom. The number of thiophene rings is 1. The Kier molecular flexibility index (Phi) is 5.61. The van der Waals surface area contributed by atoms with Gasteiger partial charge in [0.25, 0.3) is 5.56 Å². The van der Waals surface area contributed by atoms with Crippen molar-refractivity contribution < 1.29 is 4.39 Å². The molecular formula is C24H23FN4OS. The number of pyridine rings is 1. The second kappa shape index (κ2) is 8.69. The summed E-state index contributed by atoms with van der Waals surface area (Å²) in [5.74, 6) is -0.278. The molecule has 1 aliphatic rings. The monoisotopic (exact) mass is 434 g/mol. The molecule has 31 heavy (non-hydrogen) atoms. The molecule has 0 saturated heterocycles. The van der Waals surface area contributed by atoms with E-state index in [9.17, 15) is 9.18 Å². The van der Waals surface area contributed by atoms with Gasteiger partial charge in [-0.25, -0.2) is 9.37 Å². The summed E-state index contributed by atoms with van der Waals surface area (Å²) in [6, 6.07) is 10.7. The van der Waals surface area contributed by atoms with Crippen molar-refractivity contribution in [2.24, 2.45) is 0 Å². The van der Waals surface area contributed by atoms with Crippen molar-refractivity contribution >= 4 is 21.6 Å². The van der Waals surface area contributed by atoms with Crippen LogP contribution in [-0.2, 0) is 25.8 Å². The number of halogens is 1. The van der Waals surface area contributed by atoms with E-state index in [1.54, 1.807) is 40.6 Å². The van der Waals surface area contributed by atoms with Gasteiger partial charge in [-0.3, -0.25) is 14.3 Å². The van der Waals surface area contributed by atoms with Crippen LogP contribution in [-0.4, -0.2) is 27.1 Å². The van der Waals surface area contributed by atoms with Crippen LogP contribution in [0.3, 0.4) is 0 Å². The lowest BCUT2D eigenvalue weighted by molar-refractivity contribution is 0.466. The molecule has 158 valence electrons. The minimum Gasteiger partial charge on any atom is -0.313 e. The summed E-state index contributed by atoms with van der Waals surface area (Å²) in [6.45, 7) is 1.31. The molecule has 5 rings (SSSR count). The SMILES string of the molecule is O=c1c2c3c(sc2ncn1Cc1ccc(F)cc1)C[C@H](NCCc1cccnc1)CC3. The van der Waals surface area contributed by atoms with Gasteiger partial charge in [0.05, 0.1) is 18.3 Å². The number of benzene rings is 1. The lowest BCUT2D eigenvalue weighted by atomic mass is 9.93. The van der Waals surface area contributed by atoms with Gasteiger partial charge < -0.3 is 5.32 Å². The van der Waals surface area contributed by atoms with E-state index >= 15 is 0 Å². The molecular weight excluding hydrogens is 411 g/mol. The molecule has 1 aliphatic carbocycles. The molecule has 0 aliphatic heterocycles. The van der Waals surface area contributed by atoms with Gasteiger partial charge in [0, 0.05) is 23.3 Å². The van der Waals surface area contributed by atoms with E-state index in [0.29, 0.717) is 12.6 Å². The summed E-state index contributed by atoms with van der Waals surface area (Å²) in [6.07, 6.45) is 9.10. The lowest BCUT2D eigenvalue weighted by Gasteiger charge is -2.23. The van der Waals surface area contributed by atoms with Crippen molar-refractivity contribution in [1.29, 1.82) is 0 Å². The highest BCUT2D eigenvalue weighted by molar-refractivity contribution is 7.18. The van der Waals surface area contributed by atoms with Crippen LogP contribution < -0.4 is 10.9 Å². The third kappa shape index (κ3) is 4.29. The number of nitrogens with zero attached hydrogens (tertiary/aromatic N) is 3. The summed E-state index contributed by atoms with van der Waals surface area (Å²) in [5, 5.41) is 4.43. The number of fused-ring (bicyclic) bond motifs is 3. The number of hydrogen-bond acceptors (Lipinski definition) is 5. The van der Waals surface area contributed by atoms with Crippen molar-refractivity contribution in [3.63, 3.8) is 0 Å². The molecule has 0 spiro atoms. The molecule has 3 heterocycles. The van der Waals surface area contributed by atoms with Gasteiger partial charge in [-0.2, -0.15) is 0 Å². The number of rotatable bonds is 6. The van der Waals surface area contributed by atoms with Crippen molar-refractivity contribution in [2.75, 3.05) is 6.54 Å². The zero-order valence-corrected chi connectivity index (χ0v) is 17.9. The van der Waals surface area contributed by atoms with Gasteiger partial charge in [0.15, 0.2) is 0 Å². The number of aromatic nitrogens is 3. The summed E-state index contributed by atoms with van der Waals surface area (Å²) in [5.41, 5.74) is 3.27. The molecule has 7 heteroatoms. The zero-order valence-electron chi connectivity index (χ0n) is 17.1. The Morgan fingerprint density at radius 2 is 2.06 bits per heavy atom. The van der Waals surface area contributed by atoms with E-state index in [4.69, 9.17) is 0 Å². The molecule has 1 aromatic carbocycles. The third-order valence-corrected chi connectivity index (χ3v) is 7.03. The average molecular weight is 435 g/mol. The number of hydrogen-bond donors (Lipinski definition) is 1. The normalized spacial score (nSPS) is 15.8. The molecule has 0 radical (unpaired) electrons. The predicted molar refractivity (Wildman–Crippen MR) is 121 cm³/mol. The largest absolute Gasteiger partial charge is 0.313 e. The molecule has 3 aromatic heterocycles. The fraction of sp³-hybridized carbons (Fsp3) is 0.292. The van der Waals surface area contributed by atoms with E-state index in [1.165, 1.54) is 22.6 Å². The Balaban J connectivity index is 1.31. The second-order valence-electron chi connectivity index (χ2n) is 7.99. The first-order valence-electron chi connectivity index (χ1n) is 10.5. The number of aryl methyl sites for hydroxylation is 1. The van der Waals surface area contributed by atoms with Gasteiger partial charge in [-0.05, 0) is 67.1 Å². The lowest BCUT2D eigenvalue weighted by Crippen LogP contribution is -2.35. The second-order valence-corrected chi connectivity index (χ2v) is 9.08. The number of nitrogens with one attached hydrogen (secondary N) is 1. The van der Waals surface area contributed by atoms with E-state index in [1.807, 2.05) is 12.3 Å². The summed E-state index contributed by atoms with van der Waals surface area (Å²) < 4.78 is 14.8. The van der Waals surface area contributed by atoms with Crippen LogP contribution in [0, 0.1) is 5.82 Å². The van der Waals surface area contributed by atoms with Crippen LogP contribution in [0.5, 0.6) is 0 Å². The van der Waals surface area contributed by atoms with Gasteiger partial charge >= 0.3 is 0 Å². The fourth-order valence-electron chi connectivity index (χ4n) is 4.24. The van der Waals surface area contributed by atoms with Crippen LogP contribution >= 0.6 is 11.3 Å². The summed E-state index contributed by atoms with van der Waals surface area (Å²) in [4.78, 5) is 24.0. The average Bonchev–Trinajstić information content (AvgIpc) is 3.16. The van der Waals surface area contributed by atoms with Crippen LogP contribution in [0.2, 0.25) is 0 Å². The fourth-order valence-corrected chi connectivity index (χ4v) is 5.50. The van der Waals surface area contributed by atoms with Gasteiger partial charge in [0.1, 0.15) is 10.6 Å². The quantitative estimate of drug-likeness (QED) is 0.502. The van der Waals surface area contributed by atoms with Gasteiger partial charge in [0.2, 0.25) is 0 Å². The smallest absolute Gasteiger partial charge is 0.262 e. The Morgan fingerprint density at radius 3 is 2.87 bits per heavy atom. The minimum absolute atomic E-state index is 0.00480. The van der Waals surface area contributed by atoms with Crippen molar-refractivity contribution in [3.05, 3.63) is 92.9 Å². The highest BCUT2D eigenvalue weighted by atomic mass is 32.1. The third-order valence-electron chi connectivity index (χ3n) is 5.87. The zero-order chi connectivity index (χ0) is 21.2. The van der Waals surface area contributed by atoms with Crippen molar-refractivity contribution in [3.8, 4) is 0 Å². The standard InChI is InChI=1S/C24H23FN4OS/c25-18-5-3-17(4-6-18)14-29-15-28-23-22(24(29)30)20-8-7-19(12-21(20)31-23)27-11-9-16-2-1-10-26-13-16/h1-6,10,13,15,19,27H,7-9,11-12,14H2/t19-/m1/s1. The van der Waals surface area contributed by atoms with Crippen LogP contribution in [0.15, 0.2) is 59.9 Å². The molecule has 1 N–H and O–H groups in total. The van der Waals surface area contributed by atoms with Crippen LogP contribution in [0.25, 0.3) is 10.2 Å². The first-order chi connectivity index (χ1) is 15.2. The Hall–Kier alpha value is -2.90. The minimum atomic E-state index is -0.278. The predicted octanol–water partition coefficient (Wildman–Crippen LogP) is 3.73. The Bertz CT molecular complexity index is 1250. The highest BCUT2D eigenvalue weighted by Crippen LogP contribution is 2.33. The molecule has 0 bridgehead atoms.